The zero-order valence-electron chi connectivity index (χ0n) is 17.3. The number of morpholine rings is 1. The van der Waals surface area contributed by atoms with E-state index in [1.165, 1.54) is 0 Å². The van der Waals surface area contributed by atoms with Crippen molar-refractivity contribution in [1.29, 1.82) is 0 Å². The van der Waals surface area contributed by atoms with E-state index in [2.05, 4.69) is 12.1 Å². The molecular formula is C26H24N2O3. The quantitative estimate of drug-likeness (QED) is 0.684. The Labute approximate surface area is 181 Å². The maximum absolute atomic E-state index is 12.8. The van der Waals surface area contributed by atoms with E-state index in [1.807, 2.05) is 53.4 Å². The van der Waals surface area contributed by atoms with Crippen LogP contribution in [0.5, 0.6) is 5.75 Å². The highest BCUT2D eigenvalue weighted by Gasteiger charge is 2.22. The van der Waals surface area contributed by atoms with Crippen molar-refractivity contribution in [1.82, 2.24) is 4.90 Å². The molecule has 1 fully saturated rings. The summed E-state index contributed by atoms with van der Waals surface area (Å²) in [7, 11) is 0. The molecule has 1 amide bonds. The first-order valence-corrected chi connectivity index (χ1v) is 10.7. The molecule has 0 bridgehead atoms. The van der Waals surface area contributed by atoms with Gasteiger partial charge in [0.2, 0.25) is 0 Å². The Hall–Kier alpha value is -3.44. The van der Waals surface area contributed by atoms with Crippen molar-refractivity contribution in [2.75, 3.05) is 26.3 Å². The van der Waals surface area contributed by atoms with Crippen LogP contribution in [0.3, 0.4) is 0 Å². The van der Waals surface area contributed by atoms with Gasteiger partial charge in [-0.3, -0.25) is 9.79 Å². The number of amides is 1. The summed E-state index contributed by atoms with van der Waals surface area (Å²) < 4.78 is 5.34. The van der Waals surface area contributed by atoms with Gasteiger partial charge in [0.25, 0.3) is 5.91 Å². The average molecular weight is 412 g/mol. The molecule has 0 spiro atoms. The number of carbonyl (C=O) groups is 1. The monoisotopic (exact) mass is 412 g/mol. The number of nitrogens with zero attached hydrogens (tertiary/aromatic N) is 2. The fourth-order valence-corrected chi connectivity index (χ4v) is 4.20. The first-order valence-electron chi connectivity index (χ1n) is 10.7. The van der Waals surface area contributed by atoms with Crippen molar-refractivity contribution >= 4 is 17.3 Å². The van der Waals surface area contributed by atoms with Crippen molar-refractivity contribution in [3.05, 3.63) is 83.4 Å². The van der Waals surface area contributed by atoms with Gasteiger partial charge in [-0.25, -0.2) is 0 Å². The van der Waals surface area contributed by atoms with E-state index < -0.39 is 0 Å². The van der Waals surface area contributed by atoms with Crippen molar-refractivity contribution in [3.63, 3.8) is 0 Å². The van der Waals surface area contributed by atoms with E-state index in [0.29, 0.717) is 38.3 Å². The summed E-state index contributed by atoms with van der Waals surface area (Å²) in [4.78, 5) is 19.5. The number of phenols is 1. The number of aryl methyl sites for hydroxylation is 1. The van der Waals surface area contributed by atoms with Gasteiger partial charge in [-0.2, -0.15) is 0 Å². The molecule has 1 saturated heterocycles. The topological polar surface area (TPSA) is 62.1 Å². The molecular weight excluding hydrogens is 388 g/mol. The van der Waals surface area contributed by atoms with Crippen LogP contribution in [0, 0.1) is 0 Å². The van der Waals surface area contributed by atoms with Gasteiger partial charge < -0.3 is 14.7 Å². The summed E-state index contributed by atoms with van der Waals surface area (Å²) in [5, 5.41) is 10.5. The van der Waals surface area contributed by atoms with Crippen molar-refractivity contribution in [2.24, 2.45) is 4.99 Å². The van der Waals surface area contributed by atoms with Crippen LogP contribution < -0.4 is 0 Å². The molecule has 2 aliphatic heterocycles. The Bertz CT molecular complexity index is 1150. The molecule has 3 aromatic rings. The second-order valence-electron chi connectivity index (χ2n) is 7.90. The molecule has 0 aromatic heterocycles. The molecule has 1 N–H and O–H groups in total. The number of fused-ring (bicyclic) bond motifs is 1. The highest BCUT2D eigenvalue weighted by Crippen LogP contribution is 2.33. The minimum atomic E-state index is 0.0501. The molecule has 0 aliphatic carbocycles. The molecule has 0 radical (unpaired) electrons. The van der Waals surface area contributed by atoms with Crippen molar-refractivity contribution in [2.45, 2.75) is 12.8 Å². The zero-order valence-corrected chi connectivity index (χ0v) is 17.3. The van der Waals surface area contributed by atoms with Crippen molar-refractivity contribution in [3.8, 4) is 16.9 Å². The molecule has 0 unspecified atom stereocenters. The predicted octanol–water partition coefficient (Wildman–Crippen LogP) is 4.60. The van der Waals surface area contributed by atoms with Gasteiger partial charge >= 0.3 is 0 Å². The third-order valence-corrected chi connectivity index (χ3v) is 5.93. The van der Waals surface area contributed by atoms with E-state index in [0.717, 1.165) is 40.1 Å². The largest absolute Gasteiger partial charge is 0.507 e. The number of ether oxygens (including phenoxy) is 1. The van der Waals surface area contributed by atoms with E-state index >= 15 is 0 Å². The number of rotatable bonds is 3. The lowest BCUT2D eigenvalue weighted by molar-refractivity contribution is 0.0303. The molecule has 0 atom stereocenters. The van der Waals surface area contributed by atoms with E-state index in [-0.39, 0.29) is 11.7 Å². The van der Waals surface area contributed by atoms with Crippen LogP contribution in [0.2, 0.25) is 0 Å². The normalized spacial score (nSPS) is 15.9. The summed E-state index contributed by atoms with van der Waals surface area (Å²) in [6.07, 6.45) is 1.50. The van der Waals surface area contributed by atoms with Gasteiger partial charge in [0, 0.05) is 24.2 Å². The smallest absolute Gasteiger partial charge is 0.254 e. The first kappa shape index (κ1) is 19.5. The SMILES string of the molecule is O=C(c1ccc2c(c1)CCC(c1cc(-c3ccccc3)ccc1O)=N2)N1CCOCC1. The van der Waals surface area contributed by atoms with Gasteiger partial charge in [0.1, 0.15) is 5.75 Å². The number of aromatic hydroxyl groups is 1. The molecule has 31 heavy (non-hydrogen) atoms. The number of hydrogen-bond acceptors (Lipinski definition) is 4. The van der Waals surface area contributed by atoms with E-state index in [1.54, 1.807) is 6.07 Å². The van der Waals surface area contributed by atoms with Gasteiger partial charge in [0.05, 0.1) is 24.6 Å². The Kier molecular flexibility index (Phi) is 5.26. The molecule has 5 heteroatoms. The minimum Gasteiger partial charge on any atom is -0.507 e. The van der Waals surface area contributed by atoms with Crippen LogP contribution in [0.25, 0.3) is 11.1 Å². The third-order valence-electron chi connectivity index (χ3n) is 5.93. The van der Waals surface area contributed by atoms with E-state index in [9.17, 15) is 9.90 Å². The number of phenolic OH excluding ortho intramolecular Hbond substituents is 1. The maximum Gasteiger partial charge on any atom is 0.254 e. The number of aliphatic imine (C=N–C) groups is 1. The average Bonchev–Trinajstić information content (AvgIpc) is 2.84. The third kappa shape index (κ3) is 3.97. The summed E-state index contributed by atoms with van der Waals surface area (Å²) in [6, 6.07) is 21.5. The lowest BCUT2D eigenvalue weighted by atomic mass is 9.93. The fraction of sp³-hybridized carbons (Fsp3) is 0.231. The lowest BCUT2D eigenvalue weighted by Gasteiger charge is -2.27. The molecule has 156 valence electrons. The van der Waals surface area contributed by atoms with Crippen LogP contribution in [0.4, 0.5) is 5.69 Å². The van der Waals surface area contributed by atoms with Crippen LogP contribution in [-0.2, 0) is 11.2 Å². The molecule has 2 heterocycles. The Morgan fingerprint density at radius 1 is 0.903 bits per heavy atom. The van der Waals surface area contributed by atoms with Crippen LogP contribution in [0.1, 0.15) is 27.9 Å². The summed E-state index contributed by atoms with van der Waals surface area (Å²) >= 11 is 0. The fourth-order valence-electron chi connectivity index (χ4n) is 4.20. The van der Waals surface area contributed by atoms with E-state index in [4.69, 9.17) is 9.73 Å². The second kappa shape index (κ2) is 8.36. The van der Waals surface area contributed by atoms with Gasteiger partial charge in [-0.05, 0) is 59.9 Å². The summed E-state index contributed by atoms with van der Waals surface area (Å²) in [6.45, 7) is 2.45. The highest BCUT2D eigenvalue weighted by atomic mass is 16.5. The molecule has 2 aliphatic rings. The molecule has 0 saturated carbocycles. The van der Waals surface area contributed by atoms with Crippen LogP contribution in [-0.4, -0.2) is 47.9 Å². The summed E-state index contributed by atoms with van der Waals surface area (Å²) in [5.41, 5.74) is 6.43. The van der Waals surface area contributed by atoms with Gasteiger partial charge in [-0.1, -0.05) is 36.4 Å². The van der Waals surface area contributed by atoms with Gasteiger partial charge in [-0.15, -0.1) is 0 Å². The minimum absolute atomic E-state index is 0.0501. The number of carbonyl (C=O) groups excluding carboxylic acids is 1. The number of hydrogen-bond donors (Lipinski definition) is 1. The Morgan fingerprint density at radius 2 is 1.71 bits per heavy atom. The predicted molar refractivity (Wildman–Crippen MR) is 121 cm³/mol. The standard InChI is InChI=1S/C26H24N2O3/c29-25-11-8-19(18-4-2-1-3-5-18)17-22(25)24-10-6-20-16-21(7-9-23(20)27-24)26(30)28-12-14-31-15-13-28/h1-5,7-9,11,16-17,29H,6,10,12-15H2. The first-order chi connectivity index (χ1) is 15.2. The lowest BCUT2D eigenvalue weighted by Crippen LogP contribution is -2.40. The van der Waals surface area contributed by atoms with Crippen molar-refractivity contribution < 1.29 is 14.6 Å². The highest BCUT2D eigenvalue weighted by molar-refractivity contribution is 6.06. The number of benzene rings is 3. The Balaban J connectivity index is 1.44. The maximum atomic E-state index is 12.8. The molecule has 5 nitrogen and oxygen atoms in total. The summed E-state index contributed by atoms with van der Waals surface area (Å²) in [5.74, 6) is 0.287. The Morgan fingerprint density at radius 3 is 2.52 bits per heavy atom. The zero-order chi connectivity index (χ0) is 21.2. The molecule has 5 rings (SSSR count). The van der Waals surface area contributed by atoms with Crippen LogP contribution >= 0.6 is 0 Å². The second-order valence-corrected chi connectivity index (χ2v) is 7.90. The van der Waals surface area contributed by atoms with Gasteiger partial charge in [0.15, 0.2) is 0 Å². The van der Waals surface area contributed by atoms with Crippen LogP contribution in [0.15, 0.2) is 71.7 Å². The molecule has 3 aromatic carbocycles.